The molecule has 0 bridgehead atoms. The van der Waals surface area contributed by atoms with E-state index in [4.69, 9.17) is 24.2 Å². The number of anilines is 1. The Morgan fingerprint density at radius 3 is 2.44 bits per heavy atom. The minimum Gasteiger partial charge on any atom is -0.493 e. The van der Waals surface area contributed by atoms with Crippen LogP contribution in [-0.4, -0.2) is 51.9 Å². The average Bonchev–Trinajstić information content (AvgIpc) is 3.32. The van der Waals surface area contributed by atoms with Crippen LogP contribution in [0.3, 0.4) is 0 Å². The summed E-state index contributed by atoms with van der Waals surface area (Å²) in [7, 11) is 3.25. The lowest BCUT2D eigenvalue weighted by Gasteiger charge is -2.29. The number of nitrogens with one attached hydrogen (secondary N) is 2. The van der Waals surface area contributed by atoms with E-state index in [0.29, 0.717) is 17.3 Å². The van der Waals surface area contributed by atoms with E-state index >= 15 is 0 Å². The van der Waals surface area contributed by atoms with Crippen molar-refractivity contribution in [3.63, 3.8) is 0 Å². The molecule has 0 radical (unpaired) electrons. The number of aromatic nitrogens is 3. The van der Waals surface area contributed by atoms with Crippen LogP contribution in [0, 0.1) is 0 Å². The monoisotopic (exact) mass is 533 g/mol. The van der Waals surface area contributed by atoms with Gasteiger partial charge < -0.3 is 24.8 Å². The molecule has 208 valence electrons. The first-order valence-electron chi connectivity index (χ1n) is 13.2. The SMILES string of the molecule is COc1ccc(-c2cnc3c(NC(C)(C)CCC(C)NC(=O)OC(C)(C)C)nc4ccccc4n23)cc1OC. The molecule has 4 rings (SSSR count). The quantitative estimate of drug-likeness (QED) is 0.255. The number of ether oxygens (including phenoxy) is 3. The molecule has 2 heterocycles. The van der Waals surface area contributed by atoms with Crippen molar-refractivity contribution in [2.24, 2.45) is 0 Å². The smallest absolute Gasteiger partial charge is 0.407 e. The molecular formula is C30H39N5O4. The van der Waals surface area contributed by atoms with E-state index in [2.05, 4.69) is 28.9 Å². The largest absolute Gasteiger partial charge is 0.493 e. The molecule has 0 aliphatic heterocycles. The summed E-state index contributed by atoms with van der Waals surface area (Å²) in [4.78, 5) is 21.9. The maximum absolute atomic E-state index is 12.2. The minimum absolute atomic E-state index is 0.0476. The minimum atomic E-state index is -0.530. The van der Waals surface area contributed by atoms with Crippen LogP contribution in [-0.2, 0) is 4.74 Å². The lowest BCUT2D eigenvalue weighted by Crippen LogP contribution is -2.39. The van der Waals surface area contributed by atoms with Gasteiger partial charge in [0.1, 0.15) is 5.60 Å². The third kappa shape index (κ3) is 6.53. The molecule has 1 atom stereocenters. The van der Waals surface area contributed by atoms with Gasteiger partial charge in [0.05, 0.1) is 37.1 Å². The second-order valence-electron chi connectivity index (χ2n) is 11.4. The van der Waals surface area contributed by atoms with Gasteiger partial charge in [-0.05, 0) is 84.7 Å². The van der Waals surface area contributed by atoms with Gasteiger partial charge in [-0.2, -0.15) is 0 Å². The molecule has 0 saturated carbocycles. The van der Waals surface area contributed by atoms with Gasteiger partial charge >= 0.3 is 6.09 Å². The number of rotatable bonds is 9. The van der Waals surface area contributed by atoms with Gasteiger partial charge in [0.15, 0.2) is 23.0 Å². The van der Waals surface area contributed by atoms with Crippen LogP contribution in [0.4, 0.5) is 10.6 Å². The summed E-state index contributed by atoms with van der Waals surface area (Å²) >= 11 is 0. The number of hydrogen-bond acceptors (Lipinski definition) is 7. The topological polar surface area (TPSA) is 99.0 Å². The Morgan fingerprint density at radius 1 is 1.03 bits per heavy atom. The predicted molar refractivity (Wildman–Crippen MR) is 155 cm³/mol. The zero-order valence-corrected chi connectivity index (χ0v) is 24.1. The second-order valence-corrected chi connectivity index (χ2v) is 11.4. The fraction of sp³-hybridized carbons (Fsp3) is 0.433. The Bertz CT molecular complexity index is 1470. The number of fused-ring (bicyclic) bond motifs is 3. The number of carbonyl (C=O) groups excluding carboxylic acids is 1. The van der Waals surface area contributed by atoms with Gasteiger partial charge in [0.25, 0.3) is 0 Å². The maximum atomic E-state index is 12.2. The molecule has 9 nitrogen and oxygen atoms in total. The summed E-state index contributed by atoms with van der Waals surface area (Å²) < 4.78 is 18.5. The van der Waals surface area contributed by atoms with Crippen LogP contribution in [0.2, 0.25) is 0 Å². The summed E-state index contributed by atoms with van der Waals surface area (Å²) in [5.74, 6) is 2.01. The molecule has 2 N–H and O–H groups in total. The summed E-state index contributed by atoms with van der Waals surface area (Å²) in [5.41, 5.74) is 3.54. The van der Waals surface area contributed by atoms with Gasteiger partial charge in [0.2, 0.25) is 0 Å². The molecule has 39 heavy (non-hydrogen) atoms. The zero-order chi connectivity index (χ0) is 28.4. The van der Waals surface area contributed by atoms with E-state index in [1.165, 1.54) is 0 Å². The normalized spacial score (nSPS) is 12.8. The first-order chi connectivity index (χ1) is 18.4. The molecular weight excluding hydrogens is 494 g/mol. The molecule has 0 spiro atoms. The van der Waals surface area contributed by atoms with Gasteiger partial charge in [-0.3, -0.25) is 4.40 Å². The zero-order valence-electron chi connectivity index (χ0n) is 24.1. The molecule has 0 saturated heterocycles. The van der Waals surface area contributed by atoms with Crippen LogP contribution in [0.25, 0.3) is 27.9 Å². The van der Waals surface area contributed by atoms with Crippen LogP contribution in [0.5, 0.6) is 11.5 Å². The van der Waals surface area contributed by atoms with Crippen LogP contribution < -0.4 is 20.1 Å². The van der Waals surface area contributed by atoms with Crippen LogP contribution in [0.15, 0.2) is 48.7 Å². The number of benzene rings is 2. The molecule has 2 aromatic carbocycles. The Kier molecular flexibility index (Phi) is 7.90. The third-order valence-electron chi connectivity index (χ3n) is 6.43. The number of hydrogen-bond donors (Lipinski definition) is 2. The maximum Gasteiger partial charge on any atom is 0.407 e. The number of imidazole rings is 1. The van der Waals surface area contributed by atoms with Crippen LogP contribution in [0.1, 0.15) is 54.4 Å². The molecule has 0 fully saturated rings. The highest BCUT2D eigenvalue weighted by molar-refractivity contribution is 5.86. The van der Waals surface area contributed by atoms with Gasteiger partial charge in [-0.1, -0.05) is 12.1 Å². The number of para-hydroxylation sites is 2. The Morgan fingerprint density at radius 2 is 1.74 bits per heavy atom. The molecule has 1 amide bonds. The Hall–Kier alpha value is -4.01. The predicted octanol–water partition coefficient (Wildman–Crippen LogP) is 6.45. The van der Waals surface area contributed by atoms with Crippen molar-refractivity contribution in [1.29, 1.82) is 0 Å². The van der Waals surface area contributed by atoms with Gasteiger partial charge in [-0.15, -0.1) is 0 Å². The molecule has 1 unspecified atom stereocenters. The van der Waals surface area contributed by atoms with Crippen molar-refractivity contribution in [2.75, 3.05) is 19.5 Å². The fourth-order valence-electron chi connectivity index (χ4n) is 4.51. The van der Waals surface area contributed by atoms with Gasteiger partial charge in [0, 0.05) is 17.1 Å². The van der Waals surface area contributed by atoms with E-state index in [9.17, 15) is 4.79 Å². The van der Waals surface area contributed by atoms with Crippen molar-refractivity contribution < 1.29 is 19.0 Å². The number of carbonyl (C=O) groups is 1. The van der Waals surface area contributed by atoms with Crippen molar-refractivity contribution in [3.8, 4) is 22.8 Å². The number of methoxy groups -OCH3 is 2. The number of alkyl carbamates (subject to hydrolysis) is 1. The molecule has 0 aliphatic rings. The number of nitrogens with zero attached hydrogens (tertiary/aromatic N) is 3. The molecule has 9 heteroatoms. The standard InChI is InChI=1S/C30H39N5O4/c1-19(32-28(36)39-29(2,3)4)15-16-30(5,6)34-26-27-31-18-23(20-13-14-24(37-7)25(17-20)38-8)35(27)22-12-10-9-11-21(22)33-26/h9-14,17-19H,15-16H2,1-8H3,(H,32,36)(H,33,34). The summed E-state index contributed by atoms with van der Waals surface area (Å²) in [6, 6.07) is 13.8. The van der Waals surface area contributed by atoms with Crippen molar-refractivity contribution >= 4 is 28.6 Å². The van der Waals surface area contributed by atoms with Crippen molar-refractivity contribution in [2.45, 2.75) is 71.6 Å². The van der Waals surface area contributed by atoms with E-state index in [1.807, 2.05) is 76.4 Å². The van der Waals surface area contributed by atoms with E-state index in [0.717, 1.165) is 40.8 Å². The summed E-state index contributed by atoms with van der Waals surface area (Å²) in [6.07, 6.45) is 3.00. The highest BCUT2D eigenvalue weighted by Crippen LogP contribution is 2.35. The van der Waals surface area contributed by atoms with Gasteiger partial charge in [-0.25, -0.2) is 14.8 Å². The van der Waals surface area contributed by atoms with E-state index < -0.39 is 11.7 Å². The summed E-state index contributed by atoms with van der Waals surface area (Å²) in [6.45, 7) is 11.8. The second kappa shape index (κ2) is 11.0. The van der Waals surface area contributed by atoms with Crippen LogP contribution >= 0.6 is 0 Å². The van der Waals surface area contributed by atoms with E-state index in [-0.39, 0.29) is 11.6 Å². The van der Waals surface area contributed by atoms with Crippen molar-refractivity contribution in [1.82, 2.24) is 19.7 Å². The fourth-order valence-corrected chi connectivity index (χ4v) is 4.51. The third-order valence-corrected chi connectivity index (χ3v) is 6.43. The molecule has 2 aromatic heterocycles. The summed E-state index contributed by atoms with van der Waals surface area (Å²) in [5, 5.41) is 6.55. The van der Waals surface area contributed by atoms with Crippen molar-refractivity contribution in [3.05, 3.63) is 48.7 Å². The lowest BCUT2D eigenvalue weighted by atomic mass is 9.96. The first-order valence-corrected chi connectivity index (χ1v) is 13.2. The molecule has 4 aromatic rings. The Balaban J connectivity index is 1.63. The average molecular weight is 534 g/mol. The first kappa shape index (κ1) is 28.0. The number of amides is 1. The Labute approximate surface area is 229 Å². The van der Waals surface area contributed by atoms with E-state index in [1.54, 1.807) is 14.2 Å². The lowest BCUT2D eigenvalue weighted by molar-refractivity contribution is 0.0504. The highest BCUT2D eigenvalue weighted by atomic mass is 16.6. The highest BCUT2D eigenvalue weighted by Gasteiger charge is 2.24. The molecule has 0 aliphatic carbocycles.